The molecule has 0 aliphatic heterocycles. The molecule has 1 fully saturated rings. The topological polar surface area (TPSA) is 96.5 Å². The lowest BCUT2D eigenvalue weighted by molar-refractivity contribution is 0.0600. The lowest BCUT2D eigenvalue weighted by atomic mass is 9.86. The van der Waals surface area contributed by atoms with Crippen LogP contribution in [0.2, 0.25) is 0 Å². The average Bonchev–Trinajstić information content (AvgIpc) is 2.87. The van der Waals surface area contributed by atoms with Crippen LogP contribution >= 0.6 is 0 Å². The SMILES string of the molecule is COC(=O)c1ccc(C(=O)NC[C@H]2CC[C@@H](Nc3nc(N(C)C)c4ccccc4n3)CC2)cc1. The van der Waals surface area contributed by atoms with Gasteiger partial charge in [0, 0.05) is 37.6 Å². The number of benzene rings is 2. The summed E-state index contributed by atoms with van der Waals surface area (Å²) >= 11 is 0. The number of aromatic nitrogens is 2. The lowest BCUT2D eigenvalue weighted by Gasteiger charge is -2.29. The third-order valence-electron chi connectivity index (χ3n) is 6.31. The van der Waals surface area contributed by atoms with Crippen molar-refractivity contribution in [2.75, 3.05) is 38.0 Å². The van der Waals surface area contributed by atoms with Gasteiger partial charge in [-0.15, -0.1) is 0 Å². The molecule has 178 valence electrons. The van der Waals surface area contributed by atoms with E-state index in [1.54, 1.807) is 24.3 Å². The van der Waals surface area contributed by atoms with Crippen LogP contribution < -0.4 is 15.5 Å². The summed E-state index contributed by atoms with van der Waals surface area (Å²) in [5.41, 5.74) is 1.89. The summed E-state index contributed by atoms with van der Waals surface area (Å²) in [4.78, 5) is 35.5. The van der Waals surface area contributed by atoms with E-state index in [1.807, 2.05) is 43.3 Å². The second kappa shape index (κ2) is 10.5. The van der Waals surface area contributed by atoms with Crippen LogP contribution in [-0.4, -0.2) is 55.6 Å². The fourth-order valence-electron chi connectivity index (χ4n) is 4.37. The van der Waals surface area contributed by atoms with Gasteiger partial charge in [-0.25, -0.2) is 9.78 Å². The number of hydrogen-bond donors (Lipinski definition) is 2. The number of carbonyl (C=O) groups excluding carboxylic acids is 2. The molecule has 8 heteroatoms. The molecule has 0 atom stereocenters. The molecule has 2 N–H and O–H groups in total. The normalized spacial score (nSPS) is 17.7. The van der Waals surface area contributed by atoms with Gasteiger partial charge in [-0.1, -0.05) is 12.1 Å². The molecule has 3 aromatic rings. The molecule has 1 saturated carbocycles. The maximum absolute atomic E-state index is 12.5. The van der Waals surface area contributed by atoms with E-state index in [2.05, 4.69) is 10.6 Å². The smallest absolute Gasteiger partial charge is 0.337 e. The van der Waals surface area contributed by atoms with Gasteiger partial charge in [0.05, 0.1) is 18.2 Å². The van der Waals surface area contributed by atoms with E-state index in [4.69, 9.17) is 14.7 Å². The fourth-order valence-corrected chi connectivity index (χ4v) is 4.37. The molecule has 0 unspecified atom stereocenters. The molecule has 1 aliphatic carbocycles. The quantitative estimate of drug-likeness (QED) is 0.516. The van der Waals surface area contributed by atoms with Crippen LogP contribution in [-0.2, 0) is 4.74 Å². The summed E-state index contributed by atoms with van der Waals surface area (Å²) in [6, 6.07) is 14.9. The Bertz CT molecular complexity index is 1150. The molecule has 8 nitrogen and oxygen atoms in total. The predicted molar refractivity (Wildman–Crippen MR) is 133 cm³/mol. The number of methoxy groups -OCH3 is 1. The van der Waals surface area contributed by atoms with Gasteiger partial charge in [-0.2, -0.15) is 4.98 Å². The minimum absolute atomic E-state index is 0.127. The summed E-state index contributed by atoms with van der Waals surface area (Å²) in [6.45, 7) is 0.640. The highest BCUT2D eigenvalue weighted by Crippen LogP contribution is 2.28. The number of amides is 1. The molecule has 0 radical (unpaired) electrons. The number of carbonyl (C=O) groups is 2. The van der Waals surface area contributed by atoms with E-state index >= 15 is 0 Å². The van der Waals surface area contributed by atoms with Gasteiger partial charge >= 0.3 is 5.97 Å². The number of para-hydroxylation sites is 1. The zero-order valence-corrected chi connectivity index (χ0v) is 19.9. The van der Waals surface area contributed by atoms with Crippen molar-refractivity contribution in [1.29, 1.82) is 0 Å². The van der Waals surface area contributed by atoms with Crippen LogP contribution in [0.4, 0.5) is 11.8 Å². The van der Waals surface area contributed by atoms with Crippen molar-refractivity contribution in [2.24, 2.45) is 5.92 Å². The molecule has 34 heavy (non-hydrogen) atoms. The van der Waals surface area contributed by atoms with Gasteiger partial charge < -0.3 is 20.3 Å². The van der Waals surface area contributed by atoms with E-state index < -0.39 is 5.97 Å². The summed E-state index contributed by atoms with van der Waals surface area (Å²) in [5, 5.41) is 7.59. The van der Waals surface area contributed by atoms with Crippen molar-refractivity contribution in [1.82, 2.24) is 15.3 Å². The zero-order valence-electron chi connectivity index (χ0n) is 19.9. The second-order valence-electron chi connectivity index (χ2n) is 8.92. The molecule has 0 saturated heterocycles. The number of rotatable bonds is 7. The largest absolute Gasteiger partial charge is 0.465 e. The first-order valence-electron chi connectivity index (χ1n) is 11.6. The lowest BCUT2D eigenvalue weighted by Crippen LogP contribution is -2.34. The van der Waals surface area contributed by atoms with E-state index in [1.165, 1.54) is 7.11 Å². The van der Waals surface area contributed by atoms with E-state index in [-0.39, 0.29) is 5.91 Å². The average molecular weight is 462 g/mol. The van der Waals surface area contributed by atoms with Gasteiger partial charge in [0.15, 0.2) is 0 Å². The van der Waals surface area contributed by atoms with E-state index in [0.717, 1.165) is 42.4 Å². The molecular formula is C26H31N5O3. The molecule has 1 aliphatic rings. The van der Waals surface area contributed by atoms with Crippen molar-refractivity contribution >= 4 is 34.5 Å². The van der Waals surface area contributed by atoms with Crippen LogP contribution in [0.25, 0.3) is 10.9 Å². The molecule has 1 amide bonds. The maximum atomic E-state index is 12.5. The van der Waals surface area contributed by atoms with E-state index in [0.29, 0.717) is 35.6 Å². The number of esters is 1. The summed E-state index contributed by atoms with van der Waals surface area (Å²) in [6.07, 6.45) is 4.05. The van der Waals surface area contributed by atoms with Crippen LogP contribution in [0.3, 0.4) is 0 Å². The first-order chi connectivity index (χ1) is 16.4. The monoisotopic (exact) mass is 461 g/mol. The summed E-state index contributed by atoms with van der Waals surface area (Å²) in [7, 11) is 5.32. The highest BCUT2D eigenvalue weighted by molar-refractivity contribution is 5.96. The van der Waals surface area contributed by atoms with Crippen LogP contribution in [0.1, 0.15) is 46.4 Å². The molecule has 0 bridgehead atoms. The van der Waals surface area contributed by atoms with Gasteiger partial charge in [-0.05, 0) is 68.0 Å². The van der Waals surface area contributed by atoms with Crippen LogP contribution in [0.5, 0.6) is 0 Å². The van der Waals surface area contributed by atoms with Crippen molar-refractivity contribution in [3.63, 3.8) is 0 Å². The molecule has 4 rings (SSSR count). The number of nitrogens with zero attached hydrogens (tertiary/aromatic N) is 3. The van der Waals surface area contributed by atoms with Crippen molar-refractivity contribution in [2.45, 2.75) is 31.7 Å². The number of ether oxygens (including phenoxy) is 1. The van der Waals surface area contributed by atoms with Crippen LogP contribution in [0.15, 0.2) is 48.5 Å². The Labute approximate surface area is 199 Å². The Balaban J connectivity index is 1.28. The van der Waals surface area contributed by atoms with Gasteiger partial charge in [0.2, 0.25) is 5.95 Å². The Hall–Kier alpha value is -3.68. The fraction of sp³-hybridized carbons (Fsp3) is 0.385. The minimum atomic E-state index is -0.413. The third kappa shape index (κ3) is 5.44. The first kappa shape index (κ1) is 23.5. The summed E-state index contributed by atoms with van der Waals surface area (Å²) < 4.78 is 4.69. The van der Waals surface area contributed by atoms with Gasteiger partial charge in [0.1, 0.15) is 5.82 Å². The molecular weight excluding hydrogens is 430 g/mol. The summed E-state index contributed by atoms with van der Waals surface area (Å²) in [5.74, 6) is 1.46. The third-order valence-corrected chi connectivity index (χ3v) is 6.31. The van der Waals surface area contributed by atoms with Gasteiger partial charge in [0.25, 0.3) is 5.91 Å². The minimum Gasteiger partial charge on any atom is -0.465 e. The first-order valence-corrected chi connectivity index (χ1v) is 11.6. The number of anilines is 2. The zero-order chi connectivity index (χ0) is 24.1. The highest BCUT2D eigenvalue weighted by atomic mass is 16.5. The van der Waals surface area contributed by atoms with E-state index in [9.17, 15) is 9.59 Å². The molecule has 0 spiro atoms. The second-order valence-corrected chi connectivity index (χ2v) is 8.92. The number of nitrogens with one attached hydrogen (secondary N) is 2. The van der Waals surface area contributed by atoms with Crippen molar-refractivity contribution in [3.8, 4) is 0 Å². The predicted octanol–water partition coefficient (Wildman–Crippen LogP) is 3.88. The van der Waals surface area contributed by atoms with Crippen molar-refractivity contribution < 1.29 is 14.3 Å². The molecule has 1 aromatic heterocycles. The Morgan fingerprint density at radius 1 is 0.971 bits per heavy atom. The van der Waals surface area contributed by atoms with Crippen molar-refractivity contribution in [3.05, 3.63) is 59.7 Å². The Morgan fingerprint density at radius 3 is 2.32 bits per heavy atom. The standard InChI is InChI=1S/C26H31N5O3/c1-31(2)23-21-6-4-5-7-22(21)29-26(30-23)28-20-14-8-17(9-15-20)16-27-24(32)18-10-12-19(13-11-18)25(33)34-3/h4-7,10-13,17,20H,8-9,14-16H2,1-3H3,(H,27,32)(H,28,29,30)/t17-,20+. The molecule has 1 heterocycles. The maximum Gasteiger partial charge on any atom is 0.337 e. The highest BCUT2D eigenvalue weighted by Gasteiger charge is 2.23. The van der Waals surface area contributed by atoms with Crippen LogP contribution in [0, 0.1) is 5.92 Å². The Kier molecular flexibility index (Phi) is 7.25. The number of hydrogen-bond acceptors (Lipinski definition) is 7. The Morgan fingerprint density at radius 2 is 1.65 bits per heavy atom. The number of fused-ring (bicyclic) bond motifs is 1. The van der Waals surface area contributed by atoms with Gasteiger partial charge in [-0.3, -0.25) is 4.79 Å². The molecule has 2 aromatic carbocycles.